The van der Waals surface area contributed by atoms with Gasteiger partial charge in [0.2, 0.25) is 0 Å². The highest BCUT2D eigenvalue weighted by Crippen LogP contribution is 2.23. The highest BCUT2D eigenvalue weighted by Gasteiger charge is 2.16. The normalized spacial score (nSPS) is 12.4. The van der Waals surface area contributed by atoms with Gasteiger partial charge in [0.1, 0.15) is 5.82 Å². The number of pyridine rings is 2. The van der Waals surface area contributed by atoms with Gasteiger partial charge in [-0.1, -0.05) is 11.6 Å². The number of rotatable bonds is 4. The molecule has 0 fully saturated rings. The second kappa shape index (κ2) is 5.86. The number of halogens is 2. The third kappa shape index (κ3) is 2.81. The Morgan fingerprint density at radius 3 is 2.67 bits per heavy atom. The van der Waals surface area contributed by atoms with Crippen molar-refractivity contribution >= 4 is 11.6 Å². The Labute approximate surface area is 109 Å². The second-order valence-corrected chi connectivity index (χ2v) is 4.19. The third-order valence-electron chi connectivity index (χ3n) is 2.66. The van der Waals surface area contributed by atoms with Crippen LogP contribution in [0.4, 0.5) is 4.39 Å². The molecule has 0 radical (unpaired) electrons. The van der Waals surface area contributed by atoms with Gasteiger partial charge in [0.25, 0.3) is 0 Å². The molecule has 18 heavy (non-hydrogen) atoms. The molecule has 2 rings (SSSR count). The van der Waals surface area contributed by atoms with Crippen molar-refractivity contribution < 1.29 is 4.39 Å². The van der Waals surface area contributed by atoms with Crippen LogP contribution in [-0.2, 0) is 6.42 Å². The van der Waals surface area contributed by atoms with Crippen LogP contribution in [0.1, 0.15) is 17.2 Å². The molecule has 2 heterocycles. The first kappa shape index (κ1) is 12.9. The second-order valence-electron chi connectivity index (χ2n) is 3.79. The van der Waals surface area contributed by atoms with Crippen LogP contribution in [0.25, 0.3) is 0 Å². The Morgan fingerprint density at radius 2 is 2.00 bits per heavy atom. The summed E-state index contributed by atoms with van der Waals surface area (Å²) in [6, 6.07) is 3.01. The van der Waals surface area contributed by atoms with E-state index in [4.69, 9.17) is 17.4 Å². The summed E-state index contributed by atoms with van der Waals surface area (Å²) in [7, 11) is 0. The summed E-state index contributed by atoms with van der Waals surface area (Å²) in [4.78, 5) is 7.61. The van der Waals surface area contributed by atoms with E-state index < -0.39 is 5.82 Å². The average Bonchev–Trinajstić information content (AvgIpc) is 2.39. The molecular weight excluding hydrogens is 255 g/mol. The summed E-state index contributed by atoms with van der Waals surface area (Å²) in [5.41, 5.74) is 3.90. The minimum atomic E-state index is -0.398. The first-order valence-corrected chi connectivity index (χ1v) is 5.74. The van der Waals surface area contributed by atoms with Gasteiger partial charge < -0.3 is 0 Å². The minimum Gasteiger partial charge on any atom is -0.271 e. The fraction of sp³-hybridized carbons (Fsp3) is 0.167. The van der Waals surface area contributed by atoms with E-state index in [2.05, 4.69) is 15.4 Å². The Morgan fingerprint density at radius 1 is 1.28 bits per heavy atom. The molecule has 0 aromatic carbocycles. The first-order chi connectivity index (χ1) is 8.72. The van der Waals surface area contributed by atoms with Crippen molar-refractivity contribution in [1.29, 1.82) is 0 Å². The molecule has 1 atom stereocenters. The lowest BCUT2D eigenvalue weighted by Gasteiger charge is -2.17. The Bertz CT molecular complexity index is 535. The van der Waals surface area contributed by atoms with Crippen molar-refractivity contribution in [3.05, 3.63) is 58.9 Å². The zero-order chi connectivity index (χ0) is 13.0. The van der Waals surface area contributed by atoms with Crippen molar-refractivity contribution in [2.45, 2.75) is 12.5 Å². The number of aromatic nitrogens is 2. The first-order valence-electron chi connectivity index (χ1n) is 5.36. The Hall–Kier alpha value is -1.56. The number of hydrogen-bond acceptors (Lipinski definition) is 4. The van der Waals surface area contributed by atoms with Gasteiger partial charge in [-0.25, -0.2) is 4.39 Å². The van der Waals surface area contributed by atoms with Crippen LogP contribution in [0.15, 0.2) is 36.9 Å². The maximum Gasteiger partial charge on any atom is 0.146 e. The SMILES string of the molecule is NNC(Cc1ccncc1Cl)c1ccncc1F. The standard InChI is InChI=1S/C12H12ClFN4/c13-10-6-16-3-1-8(10)5-12(18-15)9-2-4-17-7-11(9)14/h1-4,6-7,12,18H,5,15H2. The maximum atomic E-state index is 13.6. The van der Waals surface area contributed by atoms with Gasteiger partial charge in [-0.05, 0) is 24.1 Å². The van der Waals surface area contributed by atoms with Gasteiger partial charge in [-0.15, -0.1) is 0 Å². The lowest BCUT2D eigenvalue weighted by molar-refractivity contribution is 0.508. The molecule has 3 N–H and O–H groups in total. The number of hydrogen-bond donors (Lipinski definition) is 2. The van der Waals surface area contributed by atoms with Gasteiger partial charge in [0.15, 0.2) is 0 Å². The van der Waals surface area contributed by atoms with Crippen LogP contribution in [0.3, 0.4) is 0 Å². The summed E-state index contributed by atoms with van der Waals surface area (Å²) in [5.74, 6) is 5.08. The molecule has 2 aromatic heterocycles. The molecule has 0 aliphatic carbocycles. The van der Waals surface area contributed by atoms with E-state index in [1.807, 2.05) is 0 Å². The van der Waals surface area contributed by atoms with E-state index in [9.17, 15) is 4.39 Å². The van der Waals surface area contributed by atoms with Crippen LogP contribution in [0, 0.1) is 5.82 Å². The maximum absolute atomic E-state index is 13.6. The van der Waals surface area contributed by atoms with Crippen LogP contribution in [0.2, 0.25) is 5.02 Å². The predicted molar refractivity (Wildman–Crippen MR) is 67.2 cm³/mol. The largest absolute Gasteiger partial charge is 0.271 e. The lowest BCUT2D eigenvalue weighted by Crippen LogP contribution is -2.30. The van der Waals surface area contributed by atoms with E-state index >= 15 is 0 Å². The third-order valence-corrected chi connectivity index (χ3v) is 3.00. The fourth-order valence-corrected chi connectivity index (χ4v) is 1.91. The molecule has 4 nitrogen and oxygen atoms in total. The zero-order valence-corrected chi connectivity index (χ0v) is 10.2. The topological polar surface area (TPSA) is 63.8 Å². The van der Waals surface area contributed by atoms with Crippen LogP contribution in [-0.4, -0.2) is 9.97 Å². The van der Waals surface area contributed by atoms with E-state index in [1.54, 1.807) is 24.5 Å². The summed E-state index contributed by atoms with van der Waals surface area (Å²) in [6.45, 7) is 0. The Balaban J connectivity index is 2.26. The number of hydrazine groups is 1. The van der Waals surface area contributed by atoms with Crippen LogP contribution < -0.4 is 11.3 Å². The molecule has 94 valence electrons. The van der Waals surface area contributed by atoms with E-state index in [0.29, 0.717) is 17.0 Å². The molecule has 1 unspecified atom stereocenters. The van der Waals surface area contributed by atoms with Crippen molar-refractivity contribution in [3.8, 4) is 0 Å². The van der Waals surface area contributed by atoms with Gasteiger partial charge in [-0.2, -0.15) is 0 Å². The van der Waals surface area contributed by atoms with E-state index in [1.165, 1.54) is 6.20 Å². The number of nitrogens with zero attached hydrogens (tertiary/aromatic N) is 2. The highest BCUT2D eigenvalue weighted by molar-refractivity contribution is 6.31. The number of nitrogens with two attached hydrogens (primary N) is 1. The smallest absolute Gasteiger partial charge is 0.146 e. The lowest BCUT2D eigenvalue weighted by atomic mass is 10.0. The Kier molecular flexibility index (Phi) is 4.19. The molecular formula is C12H12ClFN4. The van der Waals surface area contributed by atoms with Crippen molar-refractivity contribution in [1.82, 2.24) is 15.4 Å². The zero-order valence-electron chi connectivity index (χ0n) is 9.48. The number of nitrogens with one attached hydrogen (secondary N) is 1. The van der Waals surface area contributed by atoms with E-state index in [0.717, 1.165) is 11.8 Å². The predicted octanol–water partition coefficient (Wildman–Crippen LogP) is 2.02. The fourth-order valence-electron chi connectivity index (χ4n) is 1.72. The molecule has 0 aliphatic rings. The highest BCUT2D eigenvalue weighted by atomic mass is 35.5. The molecule has 0 saturated carbocycles. The molecule has 6 heteroatoms. The summed E-state index contributed by atoms with van der Waals surface area (Å²) in [5, 5.41) is 0.534. The minimum absolute atomic E-state index is 0.368. The average molecular weight is 267 g/mol. The molecule has 0 spiro atoms. The van der Waals surface area contributed by atoms with Gasteiger partial charge in [-0.3, -0.25) is 21.2 Å². The van der Waals surface area contributed by atoms with Crippen molar-refractivity contribution in [2.24, 2.45) is 5.84 Å². The molecule has 2 aromatic rings. The molecule has 0 amide bonds. The monoisotopic (exact) mass is 266 g/mol. The molecule has 0 saturated heterocycles. The van der Waals surface area contributed by atoms with E-state index in [-0.39, 0.29) is 6.04 Å². The summed E-state index contributed by atoms with van der Waals surface area (Å²) < 4.78 is 13.6. The molecule has 0 aliphatic heterocycles. The van der Waals surface area contributed by atoms with Gasteiger partial charge in [0, 0.05) is 24.2 Å². The quantitative estimate of drug-likeness (QED) is 0.656. The van der Waals surface area contributed by atoms with Crippen LogP contribution in [0.5, 0.6) is 0 Å². The van der Waals surface area contributed by atoms with Gasteiger partial charge in [0.05, 0.1) is 17.3 Å². The summed E-state index contributed by atoms with van der Waals surface area (Å²) >= 11 is 6.02. The van der Waals surface area contributed by atoms with Crippen LogP contribution >= 0.6 is 11.6 Å². The van der Waals surface area contributed by atoms with Gasteiger partial charge >= 0.3 is 0 Å². The summed E-state index contributed by atoms with van der Waals surface area (Å²) in [6.07, 6.45) is 6.34. The van der Waals surface area contributed by atoms with Crippen molar-refractivity contribution in [2.75, 3.05) is 0 Å². The van der Waals surface area contributed by atoms with Crippen molar-refractivity contribution in [3.63, 3.8) is 0 Å². The molecule has 0 bridgehead atoms.